The van der Waals surface area contributed by atoms with Crippen LogP contribution >= 0.6 is 0 Å². The van der Waals surface area contributed by atoms with E-state index < -0.39 is 6.04 Å². The predicted octanol–water partition coefficient (Wildman–Crippen LogP) is 1.90. The highest BCUT2D eigenvalue weighted by Crippen LogP contribution is 2.24. The number of hydrogen-bond acceptors (Lipinski definition) is 4. The average Bonchev–Trinajstić information content (AvgIpc) is 3.55. The molecule has 1 aromatic rings. The molecule has 2 fully saturated rings. The molecule has 0 spiro atoms. The van der Waals surface area contributed by atoms with Crippen LogP contribution in [0.3, 0.4) is 0 Å². The standard InChI is InChI=1S/C22H32N4O4/c1-14(2)23-22(29)26-12-10-15(11-13-26)19(21(28)24-17-6-7-17)25-20(27)16-4-8-18(30-3)9-5-16/h4-5,8-9,14-15,17,19H,6-7,10-13H2,1-3H3,(H,23,29)(H,24,28)(H,25,27). The Hall–Kier alpha value is -2.77. The Balaban J connectivity index is 1.64. The highest BCUT2D eigenvalue weighted by Gasteiger charge is 2.36. The largest absolute Gasteiger partial charge is 0.497 e. The van der Waals surface area contributed by atoms with E-state index in [0.29, 0.717) is 37.2 Å². The lowest BCUT2D eigenvalue weighted by Gasteiger charge is -2.36. The Morgan fingerprint density at radius 1 is 1.00 bits per heavy atom. The second-order valence-electron chi connectivity index (χ2n) is 8.39. The summed E-state index contributed by atoms with van der Waals surface area (Å²) in [6.07, 6.45) is 3.30. The summed E-state index contributed by atoms with van der Waals surface area (Å²) in [7, 11) is 1.57. The number of methoxy groups -OCH3 is 1. The van der Waals surface area contributed by atoms with Gasteiger partial charge in [-0.25, -0.2) is 4.79 Å². The first kappa shape index (κ1) is 21.9. The lowest BCUT2D eigenvalue weighted by Crippen LogP contribution is -2.55. The third-order valence-corrected chi connectivity index (χ3v) is 5.56. The quantitative estimate of drug-likeness (QED) is 0.632. The number of likely N-dealkylation sites (tertiary alicyclic amines) is 1. The van der Waals surface area contributed by atoms with Crippen LogP contribution < -0.4 is 20.7 Å². The number of hydrogen-bond donors (Lipinski definition) is 3. The molecule has 0 radical (unpaired) electrons. The first-order chi connectivity index (χ1) is 14.4. The van der Waals surface area contributed by atoms with Crippen LogP contribution in [-0.2, 0) is 4.79 Å². The predicted molar refractivity (Wildman–Crippen MR) is 113 cm³/mol. The zero-order chi connectivity index (χ0) is 21.7. The molecule has 8 heteroatoms. The summed E-state index contributed by atoms with van der Waals surface area (Å²) in [5.41, 5.74) is 0.480. The fourth-order valence-corrected chi connectivity index (χ4v) is 3.66. The first-order valence-corrected chi connectivity index (χ1v) is 10.7. The maximum absolute atomic E-state index is 12.9. The van der Waals surface area contributed by atoms with E-state index in [0.717, 1.165) is 12.8 Å². The Labute approximate surface area is 177 Å². The molecule has 1 aliphatic heterocycles. The lowest BCUT2D eigenvalue weighted by molar-refractivity contribution is -0.124. The van der Waals surface area contributed by atoms with E-state index in [-0.39, 0.29) is 35.8 Å². The number of rotatable bonds is 7. The van der Waals surface area contributed by atoms with E-state index in [1.165, 1.54) is 0 Å². The maximum Gasteiger partial charge on any atom is 0.317 e. The molecule has 2 aliphatic rings. The fraction of sp³-hybridized carbons (Fsp3) is 0.591. The molecule has 0 bridgehead atoms. The number of carbonyl (C=O) groups is 3. The fourth-order valence-electron chi connectivity index (χ4n) is 3.66. The molecule has 1 aliphatic carbocycles. The number of nitrogens with one attached hydrogen (secondary N) is 3. The number of amides is 4. The van der Waals surface area contributed by atoms with E-state index >= 15 is 0 Å². The van der Waals surface area contributed by atoms with Gasteiger partial charge in [0.25, 0.3) is 5.91 Å². The summed E-state index contributed by atoms with van der Waals surface area (Å²) in [5, 5.41) is 8.86. The van der Waals surface area contributed by atoms with E-state index in [1.54, 1.807) is 36.3 Å². The molecule has 3 rings (SSSR count). The number of carbonyl (C=O) groups excluding carboxylic acids is 3. The number of piperidine rings is 1. The molecule has 3 N–H and O–H groups in total. The molecule has 164 valence electrons. The Morgan fingerprint density at radius 3 is 2.17 bits per heavy atom. The molecule has 1 saturated heterocycles. The van der Waals surface area contributed by atoms with Crippen molar-refractivity contribution in [1.82, 2.24) is 20.9 Å². The molecule has 0 aromatic heterocycles. The van der Waals surface area contributed by atoms with E-state index in [2.05, 4.69) is 16.0 Å². The van der Waals surface area contributed by atoms with Gasteiger partial charge >= 0.3 is 6.03 Å². The highest BCUT2D eigenvalue weighted by molar-refractivity contribution is 5.97. The van der Waals surface area contributed by atoms with Crippen LogP contribution in [-0.4, -0.2) is 61.1 Å². The molecular weight excluding hydrogens is 384 g/mol. The summed E-state index contributed by atoms with van der Waals surface area (Å²) in [6.45, 7) is 4.98. The summed E-state index contributed by atoms with van der Waals surface area (Å²) in [4.78, 5) is 39.7. The first-order valence-electron chi connectivity index (χ1n) is 10.7. The van der Waals surface area contributed by atoms with Gasteiger partial charge in [0.1, 0.15) is 11.8 Å². The van der Waals surface area contributed by atoms with Crippen molar-refractivity contribution in [3.05, 3.63) is 29.8 Å². The van der Waals surface area contributed by atoms with Crippen molar-refractivity contribution in [3.8, 4) is 5.75 Å². The third kappa shape index (κ3) is 5.87. The van der Waals surface area contributed by atoms with Gasteiger partial charge in [-0.05, 0) is 69.7 Å². The Bertz CT molecular complexity index is 753. The van der Waals surface area contributed by atoms with Gasteiger partial charge in [-0.2, -0.15) is 0 Å². The van der Waals surface area contributed by atoms with Crippen LogP contribution in [0.15, 0.2) is 24.3 Å². The van der Waals surface area contributed by atoms with Crippen LogP contribution in [0.25, 0.3) is 0 Å². The van der Waals surface area contributed by atoms with Gasteiger partial charge in [-0.15, -0.1) is 0 Å². The normalized spacial score (nSPS) is 17.9. The number of ether oxygens (including phenoxy) is 1. The molecule has 30 heavy (non-hydrogen) atoms. The number of benzene rings is 1. The van der Waals surface area contributed by atoms with Crippen LogP contribution in [0.4, 0.5) is 4.79 Å². The SMILES string of the molecule is COc1ccc(C(=O)NC(C(=O)NC2CC2)C2CCN(C(=O)NC(C)C)CC2)cc1. The average molecular weight is 417 g/mol. The van der Waals surface area contributed by atoms with E-state index in [1.807, 2.05) is 13.8 Å². The smallest absolute Gasteiger partial charge is 0.317 e. The van der Waals surface area contributed by atoms with Gasteiger partial charge in [0.2, 0.25) is 5.91 Å². The summed E-state index contributed by atoms with van der Waals surface area (Å²) in [6, 6.07) is 6.41. The van der Waals surface area contributed by atoms with Crippen molar-refractivity contribution < 1.29 is 19.1 Å². The van der Waals surface area contributed by atoms with Crippen molar-refractivity contribution in [2.45, 2.75) is 57.7 Å². The van der Waals surface area contributed by atoms with Crippen molar-refractivity contribution in [2.24, 2.45) is 5.92 Å². The van der Waals surface area contributed by atoms with Crippen LogP contribution in [0, 0.1) is 5.92 Å². The minimum Gasteiger partial charge on any atom is -0.497 e. The lowest BCUT2D eigenvalue weighted by atomic mass is 9.88. The van der Waals surface area contributed by atoms with E-state index in [9.17, 15) is 14.4 Å². The van der Waals surface area contributed by atoms with E-state index in [4.69, 9.17) is 4.74 Å². The molecular formula is C22H32N4O4. The summed E-state index contributed by atoms with van der Waals surface area (Å²) >= 11 is 0. The highest BCUT2D eigenvalue weighted by atomic mass is 16.5. The Kier molecular flexibility index (Phi) is 7.18. The van der Waals surface area contributed by atoms with Gasteiger partial charge in [-0.3, -0.25) is 9.59 Å². The second kappa shape index (κ2) is 9.82. The topological polar surface area (TPSA) is 99.8 Å². The number of nitrogens with zero attached hydrogens (tertiary/aromatic N) is 1. The van der Waals surface area contributed by atoms with Gasteiger partial charge in [0.05, 0.1) is 7.11 Å². The van der Waals surface area contributed by atoms with Crippen LogP contribution in [0.1, 0.15) is 49.9 Å². The third-order valence-electron chi connectivity index (χ3n) is 5.56. The van der Waals surface area contributed by atoms with Gasteiger partial charge < -0.3 is 25.6 Å². The molecule has 4 amide bonds. The molecule has 1 atom stereocenters. The van der Waals surface area contributed by atoms with Crippen molar-refractivity contribution in [3.63, 3.8) is 0 Å². The van der Waals surface area contributed by atoms with Gasteiger partial charge in [-0.1, -0.05) is 0 Å². The maximum atomic E-state index is 12.9. The summed E-state index contributed by atoms with van der Waals surface area (Å²) in [5.74, 6) is 0.230. The number of urea groups is 1. The van der Waals surface area contributed by atoms with Crippen LogP contribution in [0.2, 0.25) is 0 Å². The van der Waals surface area contributed by atoms with Crippen molar-refractivity contribution >= 4 is 17.8 Å². The molecule has 8 nitrogen and oxygen atoms in total. The zero-order valence-electron chi connectivity index (χ0n) is 17.9. The summed E-state index contributed by atoms with van der Waals surface area (Å²) < 4.78 is 5.13. The van der Waals surface area contributed by atoms with Gasteiger partial charge in [0, 0.05) is 30.7 Å². The zero-order valence-corrected chi connectivity index (χ0v) is 17.9. The van der Waals surface area contributed by atoms with Crippen molar-refractivity contribution in [2.75, 3.05) is 20.2 Å². The Morgan fingerprint density at radius 2 is 1.63 bits per heavy atom. The van der Waals surface area contributed by atoms with Gasteiger partial charge in [0.15, 0.2) is 0 Å². The molecule has 1 saturated carbocycles. The van der Waals surface area contributed by atoms with Crippen LogP contribution in [0.5, 0.6) is 5.75 Å². The minimum absolute atomic E-state index is 0.0194. The second-order valence-corrected chi connectivity index (χ2v) is 8.39. The minimum atomic E-state index is -0.615. The monoisotopic (exact) mass is 416 g/mol. The van der Waals surface area contributed by atoms with Crippen molar-refractivity contribution in [1.29, 1.82) is 0 Å². The molecule has 1 aromatic carbocycles. The molecule has 1 unspecified atom stereocenters. The molecule has 1 heterocycles.